The highest BCUT2D eigenvalue weighted by atomic mass is 19.4. The molecule has 1 fully saturated rings. The Bertz CT molecular complexity index is 473. The van der Waals surface area contributed by atoms with Crippen LogP contribution in [-0.2, 0) is 6.18 Å². The van der Waals surface area contributed by atoms with Gasteiger partial charge in [-0.25, -0.2) is 0 Å². The van der Waals surface area contributed by atoms with E-state index in [1.807, 2.05) is 0 Å². The lowest BCUT2D eigenvalue weighted by atomic mass is 9.68. The Morgan fingerprint density at radius 1 is 1.29 bits per heavy atom. The third kappa shape index (κ3) is 3.59. The monoisotopic (exact) mass is 303 g/mol. The predicted molar refractivity (Wildman–Crippen MR) is 75.6 cm³/mol. The minimum Gasteiger partial charge on any atom is -0.330 e. The van der Waals surface area contributed by atoms with Gasteiger partial charge >= 0.3 is 6.18 Å². The molecular formula is C15H24F3N3. The standard InChI is InChI=1S/C15H24F3N3/c1-14(2,3)11-5-4-10(7-19)13(6-11)21-9-12(8-20-21)15(16,17)18/h8-11,13H,4-7,19H2,1-3H3. The van der Waals surface area contributed by atoms with Crippen LogP contribution in [-0.4, -0.2) is 16.3 Å². The summed E-state index contributed by atoms with van der Waals surface area (Å²) in [6.45, 7) is 7.04. The summed E-state index contributed by atoms with van der Waals surface area (Å²) in [5.74, 6) is 0.674. The Kier molecular flexibility index (Phi) is 4.38. The molecule has 3 atom stereocenters. The fourth-order valence-corrected chi connectivity index (χ4v) is 3.26. The lowest BCUT2D eigenvalue weighted by molar-refractivity contribution is -0.137. The molecule has 21 heavy (non-hydrogen) atoms. The quantitative estimate of drug-likeness (QED) is 0.901. The van der Waals surface area contributed by atoms with Crippen molar-refractivity contribution >= 4 is 0 Å². The van der Waals surface area contributed by atoms with E-state index >= 15 is 0 Å². The van der Waals surface area contributed by atoms with E-state index in [1.54, 1.807) is 0 Å². The van der Waals surface area contributed by atoms with Crippen LogP contribution in [0.1, 0.15) is 51.6 Å². The molecule has 3 unspecified atom stereocenters. The van der Waals surface area contributed by atoms with Gasteiger partial charge in [-0.1, -0.05) is 20.8 Å². The van der Waals surface area contributed by atoms with Gasteiger partial charge < -0.3 is 5.73 Å². The Morgan fingerprint density at radius 3 is 2.43 bits per heavy atom. The normalized spacial score (nSPS) is 27.9. The molecule has 1 aromatic heterocycles. The Balaban J connectivity index is 2.23. The average Bonchev–Trinajstić information content (AvgIpc) is 2.86. The second-order valence-corrected chi connectivity index (χ2v) is 7.15. The molecule has 2 rings (SSSR count). The van der Waals surface area contributed by atoms with Crippen LogP contribution in [0.4, 0.5) is 13.2 Å². The first kappa shape index (κ1) is 16.3. The molecule has 0 aliphatic heterocycles. The number of alkyl halides is 3. The van der Waals surface area contributed by atoms with Crippen LogP contribution in [0, 0.1) is 17.3 Å². The summed E-state index contributed by atoms with van der Waals surface area (Å²) in [5, 5.41) is 3.96. The third-order valence-corrected chi connectivity index (χ3v) is 4.75. The Labute approximate surface area is 123 Å². The van der Waals surface area contributed by atoms with Gasteiger partial charge in [0, 0.05) is 6.20 Å². The maximum absolute atomic E-state index is 12.7. The smallest absolute Gasteiger partial charge is 0.330 e. The SMILES string of the molecule is CC(C)(C)C1CCC(CN)C(n2cc(C(F)(F)F)cn2)C1. The van der Waals surface area contributed by atoms with Gasteiger partial charge in [-0.05, 0) is 43.1 Å². The second-order valence-electron chi connectivity index (χ2n) is 7.15. The first-order chi connectivity index (χ1) is 9.63. The molecule has 0 radical (unpaired) electrons. The minimum absolute atomic E-state index is 0.0379. The highest BCUT2D eigenvalue weighted by molar-refractivity contribution is 5.09. The van der Waals surface area contributed by atoms with E-state index in [1.165, 1.54) is 4.68 Å². The molecule has 1 saturated carbocycles. The minimum atomic E-state index is -4.34. The zero-order valence-corrected chi connectivity index (χ0v) is 12.8. The van der Waals surface area contributed by atoms with E-state index in [4.69, 9.17) is 5.73 Å². The maximum atomic E-state index is 12.7. The van der Waals surface area contributed by atoms with E-state index in [0.29, 0.717) is 12.5 Å². The molecule has 3 nitrogen and oxygen atoms in total. The van der Waals surface area contributed by atoms with Gasteiger partial charge in [0.05, 0.1) is 17.8 Å². The van der Waals surface area contributed by atoms with Crippen molar-refractivity contribution in [1.82, 2.24) is 9.78 Å². The fourth-order valence-electron chi connectivity index (χ4n) is 3.26. The van der Waals surface area contributed by atoms with Gasteiger partial charge in [0.1, 0.15) is 0 Å². The van der Waals surface area contributed by atoms with Crippen LogP contribution in [0.25, 0.3) is 0 Å². The van der Waals surface area contributed by atoms with Gasteiger partial charge in [-0.15, -0.1) is 0 Å². The van der Waals surface area contributed by atoms with Gasteiger partial charge in [-0.2, -0.15) is 18.3 Å². The van der Waals surface area contributed by atoms with E-state index < -0.39 is 11.7 Å². The van der Waals surface area contributed by atoms with Crippen molar-refractivity contribution in [2.75, 3.05) is 6.54 Å². The van der Waals surface area contributed by atoms with Gasteiger partial charge in [0.25, 0.3) is 0 Å². The molecule has 1 aromatic rings. The van der Waals surface area contributed by atoms with Gasteiger partial charge in [0.2, 0.25) is 0 Å². The molecule has 1 aliphatic carbocycles. The number of hydrogen-bond donors (Lipinski definition) is 1. The van der Waals surface area contributed by atoms with Crippen molar-refractivity contribution in [2.45, 2.75) is 52.3 Å². The maximum Gasteiger partial charge on any atom is 0.419 e. The summed E-state index contributed by atoms with van der Waals surface area (Å²) in [5.41, 5.74) is 5.28. The molecule has 1 heterocycles. The zero-order chi connectivity index (χ0) is 15.8. The largest absolute Gasteiger partial charge is 0.419 e. The Hall–Kier alpha value is -1.04. The molecule has 120 valence electrons. The van der Waals surface area contributed by atoms with E-state index in [-0.39, 0.29) is 17.4 Å². The van der Waals surface area contributed by atoms with E-state index in [9.17, 15) is 13.2 Å². The molecule has 0 spiro atoms. The summed E-state index contributed by atoms with van der Waals surface area (Å²) >= 11 is 0. The number of aromatic nitrogens is 2. The number of halogens is 3. The molecule has 6 heteroatoms. The van der Waals surface area contributed by atoms with Crippen molar-refractivity contribution in [2.24, 2.45) is 23.0 Å². The molecule has 0 bridgehead atoms. The number of rotatable bonds is 2. The van der Waals surface area contributed by atoms with Crippen LogP contribution < -0.4 is 5.73 Å². The summed E-state index contributed by atoms with van der Waals surface area (Å²) in [7, 11) is 0. The Morgan fingerprint density at radius 2 is 1.95 bits per heavy atom. The number of nitrogens with zero attached hydrogens (tertiary/aromatic N) is 2. The molecule has 0 aromatic carbocycles. The van der Waals surface area contributed by atoms with Crippen LogP contribution in [0.5, 0.6) is 0 Å². The van der Waals surface area contributed by atoms with Crippen molar-refractivity contribution in [3.63, 3.8) is 0 Å². The summed E-state index contributed by atoms with van der Waals surface area (Å²) in [6.07, 6.45) is 0.561. The summed E-state index contributed by atoms with van der Waals surface area (Å²) < 4.78 is 39.7. The molecule has 1 aliphatic rings. The van der Waals surface area contributed by atoms with Crippen molar-refractivity contribution in [1.29, 1.82) is 0 Å². The second kappa shape index (κ2) is 5.63. The topological polar surface area (TPSA) is 43.8 Å². The summed E-state index contributed by atoms with van der Waals surface area (Å²) in [4.78, 5) is 0. The van der Waals surface area contributed by atoms with Crippen LogP contribution in [0.2, 0.25) is 0 Å². The first-order valence-corrected chi connectivity index (χ1v) is 7.44. The molecule has 2 N–H and O–H groups in total. The van der Waals surface area contributed by atoms with Crippen molar-refractivity contribution in [3.05, 3.63) is 18.0 Å². The fraction of sp³-hybridized carbons (Fsp3) is 0.800. The third-order valence-electron chi connectivity index (χ3n) is 4.75. The van der Waals surface area contributed by atoms with Crippen molar-refractivity contribution in [3.8, 4) is 0 Å². The highest BCUT2D eigenvalue weighted by Crippen LogP contribution is 2.44. The number of nitrogens with two attached hydrogens (primary N) is 1. The van der Waals surface area contributed by atoms with Crippen molar-refractivity contribution < 1.29 is 13.2 Å². The predicted octanol–water partition coefficient (Wildman–Crippen LogP) is 3.86. The summed E-state index contributed by atoms with van der Waals surface area (Å²) in [6, 6.07) is -0.0379. The van der Waals surface area contributed by atoms with Crippen LogP contribution in [0.3, 0.4) is 0 Å². The van der Waals surface area contributed by atoms with E-state index in [0.717, 1.165) is 31.7 Å². The number of hydrogen-bond acceptors (Lipinski definition) is 2. The highest BCUT2D eigenvalue weighted by Gasteiger charge is 2.38. The lowest BCUT2D eigenvalue weighted by Crippen LogP contribution is -2.36. The molecule has 0 saturated heterocycles. The average molecular weight is 303 g/mol. The van der Waals surface area contributed by atoms with E-state index in [2.05, 4.69) is 25.9 Å². The first-order valence-electron chi connectivity index (χ1n) is 7.44. The molecule has 0 amide bonds. The van der Waals surface area contributed by atoms with Crippen LogP contribution in [0.15, 0.2) is 12.4 Å². The zero-order valence-electron chi connectivity index (χ0n) is 12.8. The van der Waals surface area contributed by atoms with Gasteiger partial charge in [0.15, 0.2) is 0 Å². The lowest BCUT2D eigenvalue weighted by Gasteiger charge is -2.41. The molecular weight excluding hydrogens is 279 g/mol. The van der Waals surface area contributed by atoms with Crippen LogP contribution >= 0.6 is 0 Å². The van der Waals surface area contributed by atoms with Gasteiger partial charge in [-0.3, -0.25) is 4.68 Å².